The second kappa shape index (κ2) is 6.90. The first kappa shape index (κ1) is 10.5. The van der Waals surface area contributed by atoms with Crippen molar-refractivity contribution in [2.75, 3.05) is 0 Å². The zero-order valence-electron chi connectivity index (χ0n) is 8.39. The van der Waals surface area contributed by atoms with E-state index in [1.807, 2.05) is 12.1 Å². The first-order chi connectivity index (χ1) is 6.93. The van der Waals surface area contributed by atoms with Crippen LogP contribution in [0.4, 0.5) is 0 Å². The fourth-order valence-electron chi connectivity index (χ4n) is 1.17. The molecule has 1 rings (SSSR count). The van der Waals surface area contributed by atoms with E-state index >= 15 is 0 Å². The Morgan fingerprint density at radius 2 is 1.71 bits per heavy atom. The Hall–Kier alpha value is -1.56. The maximum atomic E-state index is 3.62. The smallest absolute Gasteiger partial charge is 0.0260 e. The van der Waals surface area contributed by atoms with Crippen molar-refractivity contribution in [2.45, 2.75) is 12.8 Å². The molecule has 0 heterocycles. The minimum Gasteiger partial charge on any atom is -0.0991 e. The Bertz CT molecular complexity index is 304. The van der Waals surface area contributed by atoms with Gasteiger partial charge in [-0.3, -0.25) is 0 Å². The van der Waals surface area contributed by atoms with E-state index in [1.165, 1.54) is 5.56 Å². The van der Waals surface area contributed by atoms with E-state index in [4.69, 9.17) is 0 Å². The average Bonchev–Trinajstić information content (AvgIpc) is 2.25. The van der Waals surface area contributed by atoms with E-state index in [2.05, 4.69) is 49.1 Å². The Morgan fingerprint density at radius 3 is 2.43 bits per heavy atom. The molecule has 1 aromatic carbocycles. The number of hydrogen-bond acceptors (Lipinski definition) is 0. The van der Waals surface area contributed by atoms with Crippen LogP contribution in [-0.4, -0.2) is 0 Å². The van der Waals surface area contributed by atoms with E-state index in [9.17, 15) is 0 Å². The molecule has 0 saturated carbocycles. The van der Waals surface area contributed by atoms with Crippen LogP contribution < -0.4 is 0 Å². The zero-order valence-corrected chi connectivity index (χ0v) is 8.39. The van der Waals surface area contributed by atoms with E-state index in [0.717, 1.165) is 12.8 Å². The van der Waals surface area contributed by atoms with Gasteiger partial charge in [0.15, 0.2) is 0 Å². The molecule has 0 fully saturated rings. The minimum absolute atomic E-state index is 1.08. The molecular weight excluding hydrogens is 168 g/mol. The number of benzene rings is 1. The summed E-state index contributed by atoms with van der Waals surface area (Å²) in [5, 5.41) is 0. The van der Waals surface area contributed by atoms with E-state index in [0.29, 0.717) is 0 Å². The molecule has 0 amide bonds. The molecule has 0 spiro atoms. The fourth-order valence-corrected chi connectivity index (χ4v) is 1.17. The molecule has 14 heavy (non-hydrogen) atoms. The van der Waals surface area contributed by atoms with Gasteiger partial charge in [-0.2, -0.15) is 0 Å². The molecule has 0 aliphatic rings. The highest BCUT2D eigenvalue weighted by Crippen LogP contribution is 2.03. The van der Waals surface area contributed by atoms with Gasteiger partial charge in [-0.1, -0.05) is 67.3 Å². The van der Waals surface area contributed by atoms with Crippen LogP contribution in [0.2, 0.25) is 0 Å². The maximum absolute atomic E-state index is 3.62. The lowest BCUT2D eigenvalue weighted by molar-refractivity contribution is 1.06. The van der Waals surface area contributed by atoms with Crippen LogP contribution >= 0.6 is 0 Å². The summed E-state index contributed by atoms with van der Waals surface area (Å²) < 4.78 is 0. The van der Waals surface area contributed by atoms with Gasteiger partial charge in [-0.25, -0.2) is 0 Å². The topological polar surface area (TPSA) is 0 Å². The van der Waals surface area contributed by atoms with Gasteiger partial charge in [0.05, 0.1) is 0 Å². The lowest BCUT2D eigenvalue weighted by Gasteiger charge is -1.90. The van der Waals surface area contributed by atoms with Crippen LogP contribution in [0.15, 0.2) is 61.2 Å². The zero-order chi connectivity index (χ0) is 10.1. The van der Waals surface area contributed by atoms with Crippen LogP contribution in [0, 0.1) is 0 Å². The van der Waals surface area contributed by atoms with Crippen LogP contribution in [0.1, 0.15) is 18.4 Å². The van der Waals surface area contributed by atoms with Crippen molar-refractivity contribution in [3.05, 3.63) is 66.8 Å². The van der Waals surface area contributed by atoms with Crippen LogP contribution in [0.5, 0.6) is 0 Å². The standard InChI is InChI=1S/C14H16/c1-2-3-4-5-6-8-11-14-12-9-7-10-13-14/h2-4,7-13H,1,5-6H2. The Labute approximate surface area is 86.3 Å². The van der Waals surface area contributed by atoms with Gasteiger partial charge in [0.25, 0.3) is 0 Å². The van der Waals surface area contributed by atoms with Crippen molar-refractivity contribution in [1.29, 1.82) is 0 Å². The Morgan fingerprint density at radius 1 is 1.00 bits per heavy atom. The predicted molar refractivity (Wildman–Crippen MR) is 64.0 cm³/mol. The van der Waals surface area contributed by atoms with Crippen molar-refractivity contribution in [3.8, 4) is 0 Å². The van der Waals surface area contributed by atoms with Gasteiger partial charge < -0.3 is 0 Å². The highest BCUT2D eigenvalue weighted by molar-refractivity contribution is 5.48. The molecule has 1 aromatic rings. The third-order valence-corrected chi connectivity index (χ3v) is 1.88. The summed E-state index contributed by atoms with van der Waals surface area (Å²) in [5.74, 6) is 0. The second-order valence-corrected chi connectivity index (χ2v) is 3.05. The molecule has 0 aliphatic heterocycles. The molecule has 0 bridgehead atoms. The quantitative estimate of drug-likeness (QED) is 0.474. The predicted octanol–water partition coefficient (Wildman–Crippen LogP) is 4.22. The second-order valence-electron chi connectivity index (χ2n) is 3.05. The number of unbranched alkanes of at least 4 members (excludes halogenated alkanes) is 1. The summed E-state index contributed by atoms with van der Waals surface area (Å²) in [5.41, 5.74) is 1.26. The molecule has 72 valence electrons. The molecule has 0 aromatic heterocycles. The summed E-state index contributed by atoms with van der Waals surface area (Å²) in [7, 11) is 0. The fraction of sp³-hybridized carbons (Fsp3) is 0.143. The average molecular weight is 184 g/mol. The molecule has 0 radical (unpaired) electrons. The molecule has 0 atom stereocenters. The SMILES string of the molecule is C=CC=CCCC=Cc1ccccc1. The third kappa shape index (κ3) is 4.46. The van der Waals surface area contributed by atoms with Gasteiger partial charge in [0.2, 0.25) is 0 Å². The van der Waals surface area contributed by atoms with E-state index in [1.54, 1.807) is 6.08 Å². The molecule has 0 heteroatoms. The molecule has 0 saturated heterocycles. The Balaban J connectivity index is 2.28. The molecule has 0 N–H and O–H groups in total. The van der Waals surface area contributed by atoms with Crippen molar-refractivity contribution >= 4 is 6.08 Å². The highest BCUT2D eigenvalue weighted by Gasteiger charge is 1.81. The lowest BCUT2D eigenvalue weighted by Crippen LogP contribution is -1.69. The van der Waals surface area contributed by atoms with Gasteiger partial charge in [-0.05, 0) is 18.4 Å². The molecule has 0 nitrogen and oxygen atoms in total. The van der Waals surface area contributed by atoms with Crippen LogP contribution in [0.25, 0.3) is 6.08 Å². The van der Waals surface area contributed by atoms with Crippen molar-refractivity contribution in [2.24, 2.45) is 0 Å². The summed E-state index contributed by atoms with van der Waals surface area (Å²) in [6, 6.07) is 10.4. The van der Waals surface area contributed by atoms with Crippen molar-refractivity contribution < 1.29 is 0 Å². The molecular formula is C14H16. The van der Waals surface area contributed by atoms with E-state index in [-0.39, 0.29) is 0 Å². The van der Waals surface area contributed by atoms with Gasteiger partial charge >= 0.3 is 0 Å². The first-order valence-corrected chi connectivity index (χ1v) is 4.92. The van der Waals surface area contributed by atoms with Gasteiger partial charge in [0.1, 0.15) is 0 Å². The monoisotopic (exact) mass is 184 g/mol. The highest BCUT2D eigenvalue weighted by atomic mass is 13.9. The Kier molecular flexibility index (Phi) is 5.19. The van der Waals surface area contributed by atoms with Crippen molar-refractivity contribution in [3.63, 3.8) is 0 Å². The number of rotatable bonds is 5. The van der Waals surface area contributed by atoms with Crippen LogP contribution in [0.3, 0.4) is 0 Å². The first-order valence-electron chi connectivity index (χ1n) is 4.92. The largest absolute Gasteiger partial charge is 0.0991 e. The normalized spacial score (nSPS) is 11.1. The minimum atomic E-state index is 1.08. The van der Waals surface area contributed by atoms with E-state index < -0.39 is 0 Å². The van der Waals surface area contributed by atoms with Gasteiger partial charge in [-0.15, -0.1) is 0 Å². The van der Waals surface area contributed by atoms with Crippen LogP contribution in [-0.2, 0) is 0 Å². The summed E-state index contributed by atoms with van der Waals surface area (Å²) in [6.45, 7) is 3.62. The molecule has 0 aliphatic carbocycles. The van der Waals surface area contributed by atoms with Crippen molar-refractivity contribution in [1.82, 2.24) is 0 Å². The molecule has 0 unspecified atom stereocenters. The third-order valence-electron chi connectivity index (χ3n) is 1.88. The van der Waals surface area contributed by atoms with Gasteiger partial charge in [0, 0.05) is 0 Å². The summed E-state index contributed by atoms with van der Waals surface area (Å²) in [4.78, 5) is 0. The maximum Gasteiger partial charge on any atom is -0.0260 e. The summed E-state index contributed by atoms with van der Waals surface area (Å²) in [6.07, 6.45) is 12.4. The number of allylic oxidation sites excluding steroid dienone is 4. The number of hydrogen-bond donors (Lipinski definition) is 0. The lowest BCUT2D eigenvalue weighted by atomic mass is 10.2. The summed E-state index contributed by atoms with van der Waals surface area (Å²) >= 11 is 0.